The van der Waals surface area contributed by atoms with Gasteiger partial charge in [-0.05, 0) is 35.3 Å². The van der Waals surface area contributed by atoms with Crippen molar-refractivity contribution in [1.82, 2.24) is 0 Å². The smallest absolute Gasteiger partial charge is 0.287 e. The molecule has 0 saturated carbocycles. The third-order valence-electron chi connectivity index (χ3n) is 4.95. The summed E-state index contributed by atoms with van der Waals surface area (Å²) in [4.78, 5) is 20.9. The molecule has 156 valence electrons. The summed E-state index contributed by atoms with van der Waals surface area (Å²) in [6, 6.07) is 6.11. The topological polar surface area (TPSA) is 49.7 Å². The van der Waals surface area contributed by atoms with Crippen LogP contribution in [0.2, 0.25) is 0 Å². The number of hydrogen-bond donors (Lipinski definition) is 2. The van der Waals surface area contributed by atoms with E-state index in [1.807, 2.05) is 12.1 Å². The molecule has 27 heavy (non-hydrogen) atoms. The fourth-order valence-electron chi connectivity index (χ4n) is 3.14. The van der Waals surface area contributed by atoms with Crippen molar-refractivity contribution in [3.05, 3.63) is 29.3 Å². The third kappa shape index (κ3) is 8.94. The van der Waals surface area contributed by atoms with E-state index >= 15 is 0 Å². The highest BCUT2D eigenvalue weighted by Gasteiger charge is 2.38. The Morgan fingerprint density at radius 2 is 1.37 bits per heavy atom. The van der Waals surface area contributed by atoms with Crippen molar-refractivity contribution in [1.29, 1.82) is 0 Å². The van der Waals surface area contributed by atoms with Crippen molar-refractivity contribution in [2.75, 3.05) is 6.16 Å². The first kappa shape index (κ1) is 24.4. The average molecular weight is 398 g/mol. The molecule has 0 amide bonds. The van der Waals surface area contributed by atoms with Gasteiger partial charge in [-0.3, -0.25) is 4.52 Å². The zero-order valence-corrected chi connectivity index (χ0v) is 19.5. The van der Waals surface area contributed by atoms with Crippen molar-refractivity contribution in [3.63, 3.8) is 0 Å². The lowest BCUT2D eigenvalue weighted by Gasteiger charge is -2.27. The summed E-state index contributed by atoms with van der Waals surface area (Å²) in [6.45, 7) is 15.2. The van der Waals surface area contributed by atoms with Gasteiger partial charge in [0.15, 0.2) is 5.75 Å². The number of unbranched alkanes of at least 4 members (excludes halogenated alkanes) is 6. The Balaban J connectivity index is 2.75. The highest BCUT2D eigenvalue weighted by atomic mass is 31.2. The molecule has 0 atom stereocenters. The van der Waals surface area contributed by atoms with Crippen LogP contribution in [0, 0.1) is 0 Å². The first-order valence-electron chi connectivity index (χ1n) is 10.5. The van der Waals surface area contributed by atoms with Crippen LogP contribution in [0.15, 0.2) is 18.2 Å². The van der Waals surface area contributed by atoms with Crippen LogP contribution in [0.4, 0.5) is 0 Å². The number of hydrogen-bond acceptors (Lipinski definition) is 3. The minimum Gasteiger partial charge on any atom is -0.287 e. The fraction of sp³-hybridized carbons (Fsp3) is 0.739. The van der Waals surface area contributed by atoms with E-state index < -0.39 is 7.94 Å². The summed E-state index contributed by atoms with van der Waals surface area (Å²) in [5.41, 5.74) is 2.17. The molecule has 0 saturated heterocycles. The largest absolute Gasteiger partial charge is 0.451 e. The van der Waals surface area contributed by atoms with Crippen LogP contribution in [0.25, 0.3) is 0 Å². The van der Waals surface area contributed by atoms with Crippen LogP contribution in [0.3, 0.4) is 0 Å². The van der Waals surface area contributed by atoms with Crippen molar-refractivity contribution in [3.8, 4) is 5.75 Å². The zero-order chi connectivity index (χ0) is 20.7. The maximum Gasteiger partial charge on any atom is 0.451 e. The summed E-state index contributed by atoms with van der Waals surface area (Å²) in [6.07, 6.45) is 8.39. The number of benzene rings is 1. The highest BCUT2D eigenvalue weighted by molar-refractivity contribution is 7.60. The summed E-state index contributed by atoms with van der Waals surface area (Å²) < 4.78 is 5.79. The number of rotatable bonds is 10. The van der Waals surface area contributed by atoms with Crippen LogP contribution in [-0.2, 0) is 10.8 Å². The molecular weight excluding hydrogens is 355 g/mol. The molecule has 0 unspecified atom stereocenters. The lowest BCUT2D eigenvalue weighted by Crippen LogP contribution is -2.18. The molecule has 1 aromatic rings. The van der Waals surface area contributed by atoms with Crippen molar-refractivity contribution >= 4 is 7.94 Å². The molecule has 0 radical (unpaired) electrons. The first-order valence-corrected chi connectivity index (χ1v) is 12.3. The first-order chi connectivity index (χ1) is 12.4. The Kier molecular flexibility index (Phi) is 9.25. The van der Waals surface area contributed by atoms with Gasteiger partial charge in [0.05, 0.1) is 0 Å². The van der Waals surface area contributed by atoms with Gasteiger partial charge in [-0.1, -0.05) is 92.7 Å². The van der Waals surface area contributed by atoms with Gasteiger partial charge < -0.3 is 0 Å². The average Bonchev–Trinajstić information content (AvgIpc) is 2.52. The minimum atomic E-state index is -3.38. The molecule has 1 rings (SSSR count). The molecule has 4 heteroatoms. The molecule has 2 N–H and O–H groups in total. The maximum absolute atomic E-state index is 10.5. The summed E-state index contributed by atoms with van der Waals surface area (Å²) >= 11 is 0. The minimum absolute atomic E-state index is 0.0426. The second-order valence-corrected chi connectivity index (χ2v) is 11.8. The second kappa shape index (κ2) is 10.2. The molecule has 0 spiro atoms. The Hall–Kier alpha value is -0.630. The van der Waals surface area contributed by atoms with E-state index in [2.05, 4.69) is 54.5 Å². The van der Waals surface area contributed by atoms with E-state index in [1.54, 1.807) is 0 Å². The predicted molar refractivity (Wildman–Crippen MR) is 119 cm³/mol. The van der Waals surface area contributed by atoms with E-state index in [4.69, 9.17) is 4.52 Å². The Labute approximate surface area is 168 Å². The standard InChI is InChI=1S/C23H42O3P/c1-8-9-10-11-12-13-14-17-27(24,25)26-21-16-15-19(22(2,3)4)18-20(21)23(5,6)7/h15-16,18,24-25H,8-14,17H2,1-7H3/q+1. The Morgan fingerprint density at radius 3 is 1.89 bits per heavy atom. The van der Waals surface area contributed by atoms with Gasteiger partial charge in [-0.2, -0.15) is 9.79 Å². The lowest BCUT2D eigenvalue weighted by atomic mass is 9.80. The van der Waals surface area contributed by atoms with Crippen LogP contribution in [-0.4, -0.2) is 15.9 Å². The molecule has 0 aliphatic rings. The third-order valence-corrected chi connectivity index (χ3v) is 6.34. The molecular formula is C23H42O3P+. The van der Waals surface area contributed by atoms with Gasteiger partial charge in [0.2, 0.25) is 0 Å². The van der Waals surface area contributed by atoms with Crippen LogP contribution < -0.4 is 4.52 Å². The van der Waals surface area contributed by atoms with Gasteiger partial charge in [0.25, 0.3) is 0 Å². The summed E-state index contributed by atoms with van der Waals surface area (Å²) in [7, 11) is -3.38. The SMILES string of the molecule is CCCCCCCCC[P+](O)(O)Oc1ccc(C(C)(C)C)cc1C(C)(C)C. The molecule has 0 heterocycles. The monoisotopic (exact) mass is 397 g/mol. The highest BCUT2D eigenvalue weighted by Crippen LogP contribution is 2.53. The van der Waals surface area contributed by atoms with Gasteiger partial charge in [0, 0.05) is 5.56 Å². The lowest BCUT2D eigenvalue weighted by molar-refractivity contribution is 0.332. The van der Waals surface area contributed by atoms with Gasteiger partial charge in [-0.15, -0.1) is 0 Å². The molecule has 0 aromatic heterocycles. The quantitative estimate of drug-likeness (QED) is 0.325. The predicted octanol–water partition coefficient (Wildman–Crippen LogP) is 7.16. The molecule has 3 nitrogen and oxygen atoms in total. The molecule has 0 aliphatic heterocycles. The normalized spacial score (nSPS) is 13.1. The van der Waals surface area contributed by atoms with Crippen molar-refractivity contribution in [2.45, 2.75) is 104 Å². The second-order valence-electron chi connectivity index (χ2n) is 9.81. The van der Waals surface area contributed by atoms with E-state index in [9.17, 15) is 9.79 Å². The Morgan fingerprint density at radius 1 is 0.815 bits per heavy atom. The van der Waals surface area contributed by atoms with Gasteiger partial charge in [0.1, 0.15) is 6.16 Å². The van der Waals surface area contributed by atoms with Crippen molar-refractivity contribution in [2.24, 2.45) is 0 Å². The summed E-state index contributed by atoms with van der Waals surface area (Å²) in [5, 5.41) is 0. The van der Waals surface area contributed by atoms with Crippen LogP contribution in [0.5, 0.6) is 5.75 Å². The summed E-state index contributed by atoms with van der Waals surface area (Å²) in [5.74, 6) is 0.608. The van der Waals surface area contributed by atoms with Crippen molar-refractivity contribution < 1.29 is 14.3 Å². The van der Waals surface area contributed by atoms with E-state index in [0.717, 1.165) is 24.8 Å². The van der Waals surface area contributed by atoms with E-state index in [-0.39, 0.29) is 10.8 Å². The van der Waals surface area contributed by atoms with Gasteiger partial charge in [-0.25, -0.2) is 0 Å². The Bertz CT molecular complexity index is 568. The molecule has 0 aliphatic carbocycles. The van der Waals surface area contributed by atoms with Gasteiger partial charge >= 0.3 is 7.94 Å². The molecule has 1 aromatic carbocycles. The molecule has 0 bridgehead atoms. The van der Waals surface area contributed by atoms with E-state index in [1.165, 1.54) is 31.2 Å². The van der Waals surface area contributed by atoms with Crippen LogP contribution >= 0.6 is 7.94 Å². The maximum atomic E-state index is 10.5. The van der Waals surface area contributed by atoms with E-state index in [0.29, 0.717) is 11.9 Å². The fourth-order valence-corrected chi connectivity index (χ4v) is 4.34. The molecule has 0 fully saturated rings. The zero-order valence-electron chi connectivity index (χ0n) is 18.6. The van der Waals surface area contributed by atoms with Crippen LogP contribution in [0.1, 0.15) is 105 Å².